The Morgan fingerprint density at radius 1 is 1.50 bits per heavy atom. The van der Waals surface area contributed by atoms with Gasteiger partial charge in [0.1, 0.15) is 5.60 Å². The molecule has 1 aliphatic heterocycles. The van der Waals surface area contributed by atoms with Crippen molar-refractivity contribution in [1.29, 1.82) is 0 Å². The molecule has 6 heteroatoms. The van der Waals surface area contributed by atoms with Gasteiger partial charge in [0.25, 0.3) is 5.91 Å². The fourth-order valence-corrected chi connectivity index (χ4v) is 1.64. The topological polar surface area (TPSA) is 95.9 Å². The van der Waals surface area contributed by atoms with Gasteiger partial charge in [-0.15, -0.1) is 0 Å². The SMILES string of the molecule is C[C@@H](O)[C@H](NC(=O)C1(C)CCCO1)C(=O)O. The van der Waals surface area contributed by atoms with Crippen LogP contribution in [0.2, 0.25) is 0 Å². The van der Waals surface area contributed by atoms with Crippen molar-refractivity contribution in [3.63, 3.8) is 0 Å². The molecule has 3 atom stereocenters. The number of rotatable bonds is 4. The Kier molecular flexibility index (Phi) is 3.88. The van der Waals surface area contributed by atoms with E-state index in [9.17, 15) is 14.7 Å². The van der Waals surface area contributed by atoms with E-state index in [0.29, 0.717) is 13.0 Å². The van der Waals surface area contributed by atoms with Gasteiger partial charge in [-0.3, -0.25) is 4.79 Å². The molecule has 0 aromatic rings. The van der Waals surface area contributed by atoms with Crippen molar-refractivity contribution < 1.29 is 24.5 Å². The molecule has 0 radical (unpaired) electrons. The molecule has 1 heterocycles. The highest BCUT2D eigenvalue weighted by Crippen LogP contribution is 2.25. The predicted octanol–water partition coefficient (Wildman–Crippen LogP) is -0.494. The molecule has 0 aromatic carbocycles. The molecule has 6 nitrogen and oxygen atoms in total. The van der Waals surface area contributed by atoms with Gasteiger partial charge < -0.3 is 20.3 Å². The summed E-state index contributed by atoms with van der Waals surface area (Å²) in [6.07, 6.45) is 0.188. The van der Waals surface area contributed by atoms with Gasteiger partial charge in [0.05, 0.1) is 6.10 Å². The van der Waals surface area contributed by atoms with Crippen LogP contribution in [-0.2, 0) is 14.3 Å². The van der Waals surface area contributed by atoms with Gasteiger partial charge in [-0.1, -0.05) is 0 Å². The van der Waals surface area contributed by atoms with Crippen LogP contribution in [0.1, 0.15) is 26.7 Å². The highest BCUT2D eigenvalue weighted by atomic mass is 16.5. The maximum atomic E-state index is 11.8. The average Bonchev–Trinajstić information content (AvgIpc) is 2.61. The molecule has 0 bridgehead atoms. The minimum Gasteiger partial charge on any atom is -0.480 e. The lowest BCUT2D eigenvalue weighted by atomic mass is 10.0. The number of aliphatic hydroxyl groups is 1. The van der Waals surface area contributed by atoms with Crippen molar-refractivity contribution in [3.8, 4) is 0 Å². The monoisotopic (exact) mass is 231 g/mol. The van der Waals surface area contributed by atoms with Gasteiger partial charge in [0.15, 0.2) is 6.04 Å². The van der Waals surface area contributed by atoms with Crippen LogP contribution in [0.25, 0.3) is 0 Å². The molecule has 1 unspecified atom stereocenters. The van der Waals surface area contributed by atoms with Crippen molar-refractivity contribution in [3.05, 3.63) is 0 Å². The smallest absolute Gasteiger partial charge is 0.328 e. The number of aliphatic hydroxyl groups excluding tert-OH is 1. The van der Waals surface area contributed by atoms with E-state index in [0.717, 1.165) is 6.42 Å². The fourth-order valence-electron chi connectivity index (χ4n) is 1.64. The maximum absolute atomic E-state index is 11.8. The fraction of sp³-hybridized carbons (Fsp3) is 0.800. The number of hydrogen-bond donors (Lipinski definition) is 3. The third kappa shape index (κ3) is 2.70. The number of carbonyl (C=O) groups is 2. The molecule has 1 aliphatic rings. The Morgan fingerprint density at radius 2 is 2.12 bits per heavy atom. The molecule has 0 aliphatic carbocycles. The lowest BCUT2D eigenvalue weighted by Crippen LogP contribution is -2.54. The van der Waals surface area contributed by atoms with E-state index in [4.69, 9.17) is 9.84 Å². The first kappa shape index (κ1) is 12.9. The van der Waals surface area contributed by atoms with Crippen LogP contribution in [0.15, 0.2) is 0 Å². The van der Waals surface area contributed by atoms with E-state index in [1.165, 1.54) is 6.92 Å². The number of amides is 1. The molecule has 16 heavy (non-hydrogen) atoms. The molecule has 3 N–H and O–H groups in total. The summed E-state index contributed by atoms with van der Waals surface area (Å²) in [5.41, 5.74) is -0.970. The summed E-state index contributed by atoms with van der Waals surface area (Å²) < 4.78 is 5.28. The predicted molar refractivity (Wildman–Crippen MR) is 54.8 cm³/mol. The summed E-state index contributed by atoms with van der Waals surface area (Å²) >= 11 is 0. The Balaban J connectivity index is 2.65. The van der Waals surface area contributed by atoms with Crippen LogP contribution >= 0.6 is 0 Å². The standard InChI is InChI=1S/C10H17NO5/c1-6(12)7(8(13)14)11-9(15)10(2)4-3-5-16-10/h6-7,12H,3-5H2,1-2H3,(H,11,15)(H,13,14)/t6-,7+,10?/m1/s1. The summed E-state index contributed by atoms with van der Waals surface area (Å²) in [6.45, 7) is 3.43. The van der Waals surface area contributed by atoms with E-state index in [2.05, 4.69) is 5.32 Å². The van der Waals surface area contributed by atoms with Crippen LogP contribution in [0.3, 0.4) is 0 Å². The Morgan fingerprint density at radius 3 is 2.50 bits per heavy atom. The number of carboxylic acids is 1. The molecule has 92 valence electrons. The van der Waals surface area contributed by atoms with Crippen molar-refractivity contribution in [1.82, 2.24) is 5.32 Å². The van der Waals surface area contributed by atoms with Gasteiger partial charge in [-0.05, 0) is 26.7 Å². The maximum Gasteiger partial charge on any atom is 0.328 e. The number of hydrogen-bond acceptors (Lipinski definition) is 4. The molecule has 1 saturated heterocycles. The van der Waals surface area contributed by atoms with Gasteiger partial charge in [-0.2, -0.15) is 0 Å². The zero-order valence-electron chi connectivity index (χ0n) is 9.40. The first-order chi connectivity index (χ1) is 7.37. The van der Waals surface area contributed by atoms with Gasteiger partial charge in [0.2, 0.25) is 0 Å². The number of nitrogens with one attached hydrogen (secondary N) is 1. The van der Waals surface area contributed by atoms with Crippen LogP contribution in [0.5, 0.6) is 0 Å². The highest BCUT2D eigenvalue weighted by molar-refractivity contribution is 5.89. The third-order valence-electron chi connectivity index (χ3n) is 2.73. The highest BCUT2D eigenvalue weighted by Gasteiger charge is 2.40. The van der Waals surface area contributed by atoms with Crippen LogP contribution < -0.4 is 5.32 Å². The third-order valence-corrected chi connectivity index (χ3v) is 2.73. The zero-order chi connectivity index (χ0) is 12.3. The Labute approximate surface area is 93.6 Å². The second-order valence-corrected chi connectivity index (χ2v) is 4.21. The molecule has 1 amide bonds. The second-order valence-electron chi connectivity index (χ2n) is 4.21. The zero-order valence-corrected chi connectivity index (χ0v) is 9.40. The first-order valence-electron chi connectivity index (χ1n) is 5.22. The molecule has 0 saturated carbocycles. The number of aliphatic carboxylic acids is 1. The number of carboxylic acid groups (broad SMARTS) is 1. The largest absolute Gasteiger partial charge is 0.480 e. The van der Waals surface area contributed by atoms with Crippen molar-refractivity contribution in [2.75, 3.05) is 6.61 Å². The van der Waals surface area contributed by atoms with E-state index in [1.54, 1.807) is 6.92 Å². The van der Waals surface area contributed by atoms with Crippen LogP contribution in [-0.4, -0.2) is 46.4 Å². The van der Waals surface area contributed by atoms with E-state index in [1.807, 2.05) is 0 Å². The van der Waals surface area contributed by atoms with Crippen LogP contribution in [0, 0.1) is 0 Å². The molecule has 1 rings (SSSR count). The minimum atomic E-state index is -1.30. The molecule has 0 aromatic heterocycles. The number of ether oxygens (including phenoxy) is 1. The normalized spacial score (nSPS) is 28.4. The van der Waals surface area contributed by atoms with E-state index < -0.39 is 29.6 Å². The quantitative estimate of drug-likeness (QED) is 0.606. The summed E-state index contributed by atoms with van der Waals surface area (Å²) in [5, 5.41) is 20.3. The van der Waals surface area contributed by atoms with E-state index in [-0.39, 0.29) is 0 Å². The summed E-state index contributed by atoms with van der Waals surface area (Å²) in [7, 11) is 0. The van der Waals surface area contributed by atoms with Crippen molar-refractivity contribution >= 4 is 11.9 Å². The average molecular weight is 231 g/mol. The molecule has 0 spiro atoms. The molecular formula is C10H17NO5. The Hall–Kier alpha value is -1.14. The summed E-state index contributed by atoms with van der Waals surface area (Å²) in [6, 6.07) is -1.30. The second kappa shape index (κ2) is 4.80. The van der Waals surface area contributed by atoms with Crippen LogP contribution in [0.4, 0.5) is 0 Å². The summed E-state index contributed by atoms with van der Waals surface area (Å²) in [4.78, 5) is 22.6. The first-order valence-corrected chi connectivity index (χ1v) is 5.22. The van der Waals surface area contributed by atoms with E-state index >= 15 is 0 Å². The summed E-state index contributed by atoms with van der Waals surface area (Å²) in [5.74, 6) is -1.75. The Bertz CT molecular complexity index is 283. The van der Waals surface area contributed by atoms with Crippen molar-refractivity contribution in [2.45, 2.75) is 44.4 Å². The number of carbonyl (C=O) groups excluding carboxylic acids is 1. The molecular weight excluding hydrogens is 214 g/mol. The van der Waals surface area contributed by atoms with Crippen molar-refractivity contribution in [2.24, 2.45) is 0 Å². The van der Waals surface area contributed by atoms with Gasteiger partial charge in [-0.25, -0.2) is 4.79 Å². The van der Waals surface area contributed by atoms with Gasteiger partial charge in [0, 0.05) is 6.61 Å². The lowest BCUT2D eigenvalue weighted by molar-refractivity contribution is -0.150. The van der Waals surface area contributed by atoms with Gasteiger partial charge >= 0.3 is 5.97 Å². The minimum absolute atomic E-state index is 0.488. The lowest BCUT2D eigenvalue weighted by Gasteiger charge is -2.25. The molecule has 1 fully saturated rings.